The van der Waals surface area contributed by atoms with Gasteiger partial charge in [-0.1, -0.05) is 66.7 Å². The summed E-state index contributed by atoms with van der Waals surface area (Å²) >= 11 is 1.68. The molecule has 3 aromatic carbocycles. The molecule has 1 aromatic heterocycles. The van der Waals surface area contributed by atoms with E-state index in [2.05, 4.69) is 6.07 Å². The van der Waals surface area contributed by atoms with Crippen molar-refractivity contribution in [1.29, 1.82) is 0 Å². The SMILES string of the molecule is O=C(CO)CCCCCOc1ccccc1CN(Cc1ccccc1)C(=O)c1ccc(-c2cccs2)cc1. The Balaban J connectivity index is 1.46. The molecule has 38 heavy (non-hydrogen) atoms. The molecule has 4 rings (SSSR count). The number of ketones is 1. The Labute approximate surface area is 228 Å². The predicted octanol–water partition coefficient (Wildman–Crippen LogP) is 6.76. The molecule has 0 aliphatic rings. The van der Waals surface area contributed by atoms with Crippen molar-refractivity contribution >= 4 is 23.0 Å². The third-order valence-corrected chi connectivity index (χ3v) is 7.23. The summed E-state index contributed by atoms with van der Waals surface area (Å²) in [4.78, 5) is 28.0. The maximum Gasteiger partial charge on any atom is 0.254 e. The van der Waals surface area contributed by atoms with Crippen molar-refractivity contribution in [3.05, 3.63) is 113 Å². The van der Waals surface area contributed by atoms with Gasteiger partial charge in [-0.25, -0.2) is 0 Å². The predicted molar refractivity (Wildman–Crippen MR) is 152 cm³/mol. The highest BCUT2D eigenvalue weighted by Gasteiger charge is 2.19. The number of aliphatic hydroxyl groups is 1. The zero-order chi connectivity index (χ0) is 26.6. The number of unbranched alkanes of at least 4 members (excludes halogenated alkanes) is 2. The lowest BCUT2D eigenvalue weighted by atomic mass is 10.1. The molecule has 0 fully saturated rings. The molecular weight excluding hydrogens is 494 g/mol. The van der Waals surface area contributed by atoms with Gasteiger partial charge in [0.25, 0.3) is 5.91 Å². The van der Waals surface area contributed by atoms with E-state index < -0.39 is 0 Å². The van der Waals surface area contributed by atoms with Crippen molar-refractivity contribution in [3.8, 4) is 16.2 Å². The molecule has 0 atom stereocenters. The van der Waals surface area contributed by atoms with Gasteiger partial charge >= 0.3 is 0 Å². The van der Waals surface area contributed by atoms with E-state index >= 15 is 0 Å². The third kappa shape index (κ3) is 7.88. The van der Waals surface area contributed by atoms with Gasteiger partial charge in [0, 0.05) is 35.5 Å². The summed E-state index contributed by atoms with van der Waals surface area (Å²) in [5.74, 6) is 0.605. The van der Waals surface area contributed by atoms with Crippen molar-refractivity contribution in [2.24, 2.45) is 0 Å². The van der Waals surface area contributed by atoms with Crippen LogP contribution in [-0.4, -0.2) is 34.9 Å². The van der Waals surface area contributed by atoms with Crippen LogP contribution in [-0.2, 0) is 17.9 Å². The van der Waals surface area contributed by atoms with Gasteiger partial charge in [-0.15, -0.1) is 11.3 Å². The second-order valence-electron chi connectivity index (χ2n) is 9.17. The van der Waals surface area contributed by atoms with Crippen LogP contribution in [0.2, 0.25) is 0 Å². The Morgan fingerprint density at radius 3 is 2.29 bits per heavy atom. The number of amides is 1. The number of nitrogens with zero attached hydrogens (tertiary/aromatic N) is 1. The summed E-state index contributed by atoms with van der Waals surface area (Å²) in [6.07, 6.45) is 2.82. The second kappa shape index (κ2) is 14.3. The molecule has 0 unspecified atom stereocenters. The van der Waals surface area contributed by atoms with E-state index in [1.807, 2.05) is 95.2 Å². The monoisotopic (exact) mass is 527 g/mol. The Bertz CT molecular complexity index is 1290. The minimum atomic E-state index is -0.388. The Morgan fingerprint density at radius 2 is 1.55 bits per heavy atom. The van der Waals surface area contributed by atoms with E-state index in [9.17, 15) is 9.59 Å². The molecule has 4 aromatic rings. The number of hydrogen-bond acceptors (Lipinski definition) is 5. The minimum absolute atomic E-state index is 0.0325. The van der Waals surface area contributed by atoms with Gasteiger partial charge in [-0.2, -0.15) is 0 Å². The summed E-state index contributed by atoms with van der Waals surface area (Å²) in [5, 5.41) is 10.9. The summed E-state index contributed by atoms with van der Waals surface area (Å²) in [7, 11) is 0. The second-order valence-corrected chi connectivity index (χ2v) is 10.1. The van der Waals surface area contributed by atoms with Crippen LogP contribution in [0.25, 0.3) is 10.4 Å². The lowest BCUT2D eigenvalue weighted by molar-refractivity contribution is -0.121. The van der Waals surface area contributed by atoms with Crippen molar-refractivity contribution in [2.75, 3.05) is 13.2 Å². The average molecular weight is 528 g/mol. The number of para-hydroxylation sites is 1. The first kappa shape index (κ1) is 27.3. The molecule has 0 radical (unpaired) electrons. The van der Waals surface area contributed by atoms with E-state index in [1.165, 1.54) is 4.88 Å². The smallest absolute Gasteiger partial charge is 0.254 e. The number of carbonyl (C=O) groups is 2. The molecular formula is C32H33NO4S. The number of Topliss-reactive ketones (excluding diaryl/α,β-unsaturated/α-hetero) is 1. The van der Waals surface area contributed by atoms with Crippen molar-refractivity contribution in [1.82, 2.24) is 4.90 Å². The normalized spacial score (nSPS) is 10.8. The van der Waals surface area contributed by atoms with Crippen LogP contribution in [0.4, 0.5) is 0 Å². The van der Waals surface area contributed by atoms with Gasteiger partial charge in [-0.3, -0.25) is 9.59 Å². The fraction of sp³-hybridized carbons (Fsp3) is 0.250. The fourth-order valence-electron chi connectivity index (χ4n) is 4.25. The van der Waals surface area contributed by atoms with E-state index in [1.54, 1.807) is 11.3 Å². The van der Waals surface area contributed by atoms with E-state index in [0.717, 1.165) is 41.7 Å². The van der Waals surface area contributed by atoms with Gasteiger partial charge < -0.3 is 14.7 Å². The zero-order valence-electron chi connectivity index (χ0n) is 21.4. The lowest BCUT2D eigenvalue weighted by Gasteiger charge is -2.24. The Kier molecular flexibility index (Phi) is 10.2. The molecule has 0 saturated heterocycles. The largest absolute Gasteiger partial charge is 0.493 e. The molecule has 1 heterocycles. The summed E-state index contributed by atoms with van der Waals surface area (Å²) < 4.78 is 6.09. The molecule has 6 heteroatoms. The highest BCUT2D eigenvalue weighted by molar-refractivity contribution is 7.13. The number of rotatable bonds is 14. The van der Waals surface area contributed by atoms with Gasteiger partial charge in [0.05, 0.1) is 6.61 Å². The van der Waals surface area contributed by atoms with Crippen LogP contribution in [0.3, 0.4) is 0 Å². The molecule has 0 saturated carbocycles. The highest BCUT2D eigenvalue weighted by atomic mass is 32.1. The van der Waals surface area contributed by atoms with E-state index in [-0.39, 0.29) is 18.3 Å². The number of aliphatic hydroxyl groups excluding tert-OH is 1. The Hall–Kier alpha value is -3.74. The van der Waals surface area contributed by atoms with Crippen LogP contribution in [0.1, 0.15) is 47.2 Å². The number of hydrogen-bond donors (Lipinski definition) is 1. The van der Waals surface area contributed by atoms with Crippen LogP contribution < -0.4 is 4.74 Å². The highest BCUT2D eigenvalue weighted by Crippen LogP contribution is 2.26. The van der Waals surface area contributed by atoms with Crippen LogP contribution in [0, 0.1) is 0 Å². The molecule has 196 valence electrons. The summed E-state index contributed by atoms with van der Waals surface area (Å²) in [6, 6.07) is 29.8. The standard InChI is InChI=1S/C32H33NO4S/c34-24-29(35)13-5-2-8-20-37-30-14-7-6-12-28(30)23-33(22-25-10-3-1-4-11-25)32(36)27-18-16-26(17-19-27)31-15-9-21-38-31/h1,3-4,6-7,9-12,14-19,21,34H,2,5,8,13,20,22-24H2. The molecule has 0 bridgehead atoms. The number of thiophene rings is 1. The first-order valence-corrected chi connectivity index (χ1v) is 13.8. The fourth-order valence-corrected chi connectivity index (χ4v) is 4.98. The Morgan fingerprint density at radius 1 is 0.789 bits per heavy atom. The third-order valence-electron chi connectivity index (χ3n) is 6.31. The molecule has 1 amide bonds. The van der Waals surface area contributed by atoms with Crippen LogP contribution in [0.5, 0.6) is 5.75 Å². The van der Waals surface area contributed by atoms with Gasteiger partial charge in [0.2, 0.25) is 0 Å². The van der Waals surface area contributed by atoms with Crippen LogP contribution in [0.15, 0.2) is 96.4 Å². The number of benzene rings is 3. The molecule has 0 aliphatic carbocycles. The quantitative estimate of drug-likeness (QED) is 0.184. The molecule has 1 N–H and O–H groups in total. The van der Waals surface area contributed by atoms with Crippen molar-refractivity contribution in [3.63, 3.8) is 0 Å². The van der Waals surface area contributed by atoms with E-state index in [0.29, 0.717) is 31.7 Å². The molecule has 0 aliphatic heterocycles. The number of carbonyl (C=O) groups excluding carboxylic acids is 2. The minimum Gasteiger partial charge on any atom is -0.493 e. The lowest BCUT2D eigenvalue weighted by Crippen LogP contribution is -2.30. The molecule has 0 spiro atoms. The van der Waals surface area contributed by atoms with Crippen LogP contribution >= 0.6 is 11.3 Å². The van der Waals surface area contributed by atoms with E-state index in [4.69, 9.17) is 9.84 Å². The maximum absolute atomic E-state index is 13.7. The zero-order valence-corrected chi connectivity index (χ0v) is 22.2. The summed E-state index contributed by atoms with van der Waals surface area (Å²) in [6.45, 7) is 1.04. The van der Waals surface area contributed by atoms with Crippen molar-refractivity contribution < 1.29 is 19.4 Å². The maximum atomic E-state index is 13.7. The first-order chi connectivity index (χ1) is 18.6. The summed E-state index contributed by atoms with van der Waals surface area (Å²) in [5.41, 5.74) is 3.76. The average Bonchev–Trinajstić information content (AvgIpc) is 3.50. The first-order valence-electron chi connectivity index (χ1n) is 12.9. The molecule has 5 nitrogen and oxygen atoms in total. The number of ether oxygens (including phenoxy) is 1. The topological polar surface area (TPSA) is 66.8 Å². The van der Waals surface area contributed by atoms with Gasteiger partial charge in [-0.05, 0) is 60.0 Å². The van der Waals surface area contributed by atoms with Gasteiger partial charge in [0.1, 0.15) is 12.4 Å². The van der Waals surface area contributed by atoms with Gasteiger partial charge in [0.15, 0.2) is 5.78 Å². The van der Waals surface area contributed by atoms with Crippen molar-refractivity contribution in [2.45, 2.75) is 38.8 Å².